The highest BCUT2D eigenvalue weighted by molar-refractivity contribution is 7.08. The van der Waals surface area contributed by atoms with Crippen LogP contribution >= 0.6 is 11.3 Å². The lowest BCUT2D eigenvalue weighted by Gasteiger charge is -2.02. The SMILES string of the molecule is O=C(O)CCCCCNC(=O)c1ccsc1. The molecule has 1 aromatic rings. The summed E-state index contributed by atoms with van der Waals surface area (Å²) < 4.78 is 0. The molecule has 1 amide bonds. The van der Waals surface area contributed by atoms with Crippen molar-refractivity contribution >= 4 is 23.2 Å². The van der Waals surface area contributed by atoms with Crippen molar-refractivity contribution in [2.75, 3.05) is 6.54 Å². The van der Waals surface area contributed by atoms with Crippen molar-refractivity contribution in [1.29, 1.82) is 0 Å². The van der Waals surface area contributed by atoms with Crippen molar-refractivity contribution in [3.05, 3.63) is 22.4 Å². The van der Waals surface area contributed by atoms with Gasteiger partial charge in [0.15, 0.2) is 0 Å². The Labute approximate surface area is 98.3 Å². The zero-order valence-electron chi connectivity index (χ0n) is 8.94. The molecule has 5 heteroatoms. The van der Waals surface area contributed by atoms with E-state index in [2.05, 4.69) is 5.32 Å². The maximum Gasteiger partial charge on any atom is 0.303 e. The van der Waals surface area contributed by atoms with E-state index in [1.165, 1.54) is 11.3 Å². The summed E-state index contributed by atoms with van der Waals surface area (Å²) in [4.78, 5) is 21.7. The van der Waals surface area contributed by atoms with Crippen molar-refractivity contribution in [3.8, 4) is 0 Å². The number of nitrogens with one attached hydrogen (secondary N) is 1. The monoisotopic (exact) mass is 241 g/mol. The summed E-state index contributed by atoms with van der Waals surface area (Å²) in [5.74, 6) is -0.818. The summed E-state index contributed by atoms with van der Waals surface area (Å²) >= 11 is 1.49. The number of carboxylic acid groups (broad SMARTS) is 1. The van der Waals surface area contributed by atoms with Gasteiger partial charge in [-0.1, -0.05) is 6.42 Å². The van der Waals surface area contributed by atoms with E-state index < -0.39 is 5.97 Å². The van der Waals surface area contributed by atoms with Crippen molar-refractivity contribution in [2.45, 2.75) is 25.7 Å². The van der Waals surface area contributed by atoms with E-state index in [0.29, 0.717) is 18.5 Å². The Balaban J connectivity index is 2.03. The van der Waals surface area contributed by atoms with Crippen LogP contribution in [-0.4, -0.2) is 23.5 Å². The lowest BCUT2D eigenvalue weighted by molar-refractivity contribution is -0.137. The molecule has 0 aliphatic heterocycles. The van der Waals surface area contributed by atoms with Crippen LogP contribution in [0.2, 0.25) is 0 Å². The van der Waals surface area contributed by atoms with E-state index in [4.69, 9.17) is 5.11 Å². The number of carbonyl (C=O) groups excluding carboxylic acids is 1. The van der Waals surface area contributed by atoms with Gasteiger partial charge >= 0.3 is 5.97 Å². The van der Waals surface area contributed by atoms with Crippen molar-refractivity contribution < 1.29 is 14.7 Å². The van der Waals surface area contributed by atoms with Crippen LogP contribution in [0, 0.1) is 0 Å². The molecule has 0 spiro atoms. The molecule has 16 heavy (non-hydrogen) atoms. The smallest absolute Gasteiger partial charge is 0.303 e. The minimum atomic E-state index is -0.762. The lowest BCUT2D eigenvalue weighted by atomic mass is 10.2. The highest BCUT2D eigenvalue weighted by Crippen LogP contribution is 2.05. The second-order valence-electron chi connectivity index (χ2n) is 3.47. The van der Waals surface area contributed by atoms with Crippen LogP contribution in [0.3, 0.4) is 0 Å². The molecule has 0 bridgehead atoms. The molecular weight excluding hydrogens is 226 g/mol. The molecule has 0 aromatic carbocycles. The number of amides is 1. The fourth-order valence-corrected chi connectivity index (χ4v) is 1.91. The maximum atomic E-state index is 11.4. The van der Waals surface area contributed by atoms with Gasteiger partial charge in [0.25, 0.3) is 5.91 Å². The number of hydrogen-bond donors (Lipinski definition) is 2. The summed E-state index contributed by atoms with van der Waals surface area (Å²) in [6, 6.07) is 1.78. The van der Waals surface area contributed by atoms with Crippen molar-refractivity contribution in [1.82, 2.24) is 5.32 Å². The average Bonchev–Trinajstić information content (AvgIpc) is 2.75. The molecule has 0 fully saturated rings. The number of hydrogen-bond acceptors (Lipinski definition) is 3. The molecule has 0 unspecified atom stereocenters. The van der Waals surface area contributed by atoms with Crippen LogP contribution in [0.1, 0.15) is 36.0 Å². The second-order valence-corrected chi connectivity index (χ2v) is 4.25. The van der Waals surface area contributed by atoms with Crippen LogP contribution < -0.4 is 5.32 Å². The van der Waals surface area contributed by atoms with Crippen LogP contribution in [0.15, 0.2) is 16.8 Å². The summed E-state index contributed by atoms with van der Waals surface area (Å²) in [7, 11) is 0. The Morgan fingerprint density at radius 2 is 2.12 bits per heavy atom. The summed E-state index contributed by atoms with van der Waals surface area (Å²) in [5.41, 5.74) is 0.690. The molecule has 88 valence electrons. The van der Waals surface area contributed by atoms with Gasteiger partial charge in [-0.15, -0.1) is 0 Å². The van der Waals surface area contributed by atoms with Gasteiger partial charge in [-0.2, -0.15) is 11.3 Å². The van der Waals surface area contributed by atoms with Gasteiger partial charge in [0.1, 0.15) is 0 Å². The fourth-order valence-electron chi connectivity index (χ4n) is 1.28. The largest absolute Gasteiger partial charge is 0.481 e. The minimum absolute atomic E-state index is 0.0560. The van der Waals surface area contributed by atoms with Crippen LogP contribution in [0.4, 0.5) is 0 Å². The molecule has 0 saturated heterocycles. The first kappa shape index (κ1) is 12.7. The molecular formula is C11H15NO3S. The molecule has 1 heterocycles. The Morgan fingerprint density at radius 1 is 1.31 bits per heavy atom. The number of rotatable bonds is 7. The van der Waals surface area contributed by atoms with Gasteiger partial charge in [0.2, 0.25) is 0 Å². The van der Waals surface area contributed by atoms with E-state index in [9.17, 15) is 9.59 Å². The highest BCUT2D eigenvalue weighted by atomic mass is 32.1. The van der Waals surface area contributed by atoms with E-state index in [1.54, 1.807) is 11.4 Å². The Kier molecular flexibility index (Phi) is 5.56. The van der Waals surface area contributed by atoms with Crippen molar-refractivity contribution in [3.63, 3.8) is 0 Å². The number of aliphatic carboxylic acids is 1. The molecule has 0 atom stereocenters. The lowest BCUT2D eigenvalue weighted by Crippen LogP contribution is -2.23. The molecule has 4 nitrogen and oxygen atoms in total. The third-order valence-corrected chi connectivity index (χ3v) is 2.82. The van der Waals surface area contributed by atoms with Crippen LogP contribution in [-0.2, 0) is 4.79 Å². The Morgan fingerprint density at radius 3 is 2.75 bits per heavy atom. The van der Waals surface area contributed by atoms with E-state index >= 15 is 0 Å². The van der Waals surface area contributed by atoms with Gasteiger partial charge in [-0.25, -0.2) is 0 Å². The topological polar surface area (TPSA) is 66.4 Å². The normalized spacial score (nSPS) is 10.0. The zero-order valence-corrected chi connectivity index (χ0v) is 9.76. The molecule has 0 radical (unpaired) electrons. The highest BCUT2D eigenvalue weighted by Gasteiger charge is 2.04. The predicted octanol–water partition coefficient (Wildman–Crippen LogP) is 2.12. The van der Waals surface area contributed by atoms with Gasteiger partial charge < -0.3 is 10.4 Å². The first-order chi connectivity index (χ1) is 7.70. The summed E-state index contributed by atoms with van der Waals surface area (Å²) in [6.45, 7) is 0.605. The van der Waals surface area contributed by atoms with Gasteiger partial charge in [-0.05, 0) is 24.3 Å². The quantitative estimate of drug-likeness (QED) is 0.719. The first-order valence-corrected chi connectivity index (χ1v) is 6.16. The van der Waals surface area contributed by atoms with E-state index in [0.717, 1.165) is 12.8 Å². The minimum Gasteiger partial charge on any atom is -0.481 e. The summed E-state index contributed by atoms with van der Waals surface area (Å²) in [5, 5.41) is 14.9. The third-order valence-electron chi connectivity index (χ3n) is 2.14. The molecule has 1 rings (SSSR count). The average molecular weight is 241 g/mol. The molecule has 2 N–H and O–H groups in total. The maximum absolute atomic E-state index is 11.4. The molecule has 1 aromatic heterocycles. The molecule has 0 saturated carbocycles. The Hall–Kier alpha value is -1.36. The van der Waals surface area contributed by atoms with Gasteiger partial charge in [-0.3, -0.25) is 9.59 Å². The first-order valence-electron chi connectivity index (χ1n) is 5.22. The van der Waals surface area contributed by atoms with Crippen molar-refractivity contribution in [2.24, 2.45) is 0 Å². The molecule has 0 aliphatic carbocycles. The predicted molar refractivity (Wildman–Crippen MR) is 62.8 cm³/mol. The number of unbranched alkanes of at least 4 members (excludes halogenated alkanes) is 2. The number of carboxylic acids is 1. The summed E-state index contributed by atoms with van der Waals surface area (Å²) in [6.07, 6.45) is 2.53. The fraction of sp³-hybridized carbons (Fsp3) is 0.455. The van der Waals surface area contributed by atoms with Gasteiger partial charge in [0.05, 0.1) is 0 Å². The third kappa shape index (κ3) is 4.93. The Bertz CT molecular complexity index is 335. The number of carbonyl (C=O) groups is 2. The second kappa shape index (κ2) is 7.00. The standard InChI is InChI=1S/C11H15NO3S/c13-10(14)4-2-1-3-6-12-11(15)9-5-7-16-8-9/h5,7-8H,1-4,6H2,(H,12,15)(H,13,14). The van der Waals surface area contributed by atoms with E-state index in [-0.39, 0.29) is 12.3 Å². The van der Waals surface area contributed by atoms with Crippen LogP contribution in [0.5, 0.6) is 0 Å². The van der Waals surface area contributed by atoms with Gasteiger partial charge in [0, 0.05) is 23.9 Å². The zero-order chi connectivity index (χ0) is 11.8. The number of thiophene rings is 1. The van der Waals surface area contributed by atoms with Crippen LogP contribution in [0.25, 0.3) is 0 Å². The van der Waals surface area contributed by atoms with E-state index in [1.807, 2.05) is 5.38 Å². The molecule has 0 aliphatic rings.